The molecule has 19 heavy (non-hydrogen) atoms. The van der Waals surface area contributed by atoms with E-state index in [9.17, 15) is 0 Å². The Hall–Kier alpha value is -1.66. The second-order valence-corrected chi connectivity index (χ2v) is 5.55. The number of anilines is 1. The predicted octanol–water partition coefficient (Wildman–Crippen LogP) is 3.01. The molecule has 0 atom stereocenters. The lowest BCUT2D eigenvalue weighted by atomic mass is 10.2. The van der Waals surface area contributed by atoms with Crippen LogP contribution in [0.2, 0.25) is 0 Å². The monoisotopic (exact) mass is 292 g/mol. The molecule has 2 rings (SSSR count). The molecular weight excluding hydrogens is 276 g/mol. The molecule has 3 N–H and O–H groups in total. The molecule has 0 saturated carbocycles. The van der Waals surface area contributed by atoms with Crippen molar-refractivity contribution in [3.63, 3.8) is 0 Å². The molecule has 0 fully saturated rings. The van der Waals surface area contributed by atoms with Gasteiger partial charge in [0.2, 0.25) is 5.13 Å². The van der Waals surface area contributed by atoms with Gasteiger partial charge in [0, 0.05) is 17.0 Å². The summed E-state index contributed by atoms with van der Waals surface area (Å²) in [6.45, 7) is 4.07. The van der Waals surface area contributed by atoms with Gasteiger partial charge >= 0.3 is 0 Å². The molecular formula is C13H16N4S2. The fraction of sp³-hybridized carbons (Fsp3) is 0.231. The predicted molar refractivity (Wildman–Crippen MR) is 85.2 cm³/mol. The maximum absolute atomic E-state index is 5.12. The van der Waals surface area contributed by atoms with Crippen LogP contribution in [0.1, 0.15) is 13.8 Å². The number of benzene rings is 1. The number of hydrogen-bond donors (Lipinski definition) is 3. The van der Waals surface area contributed by atoms with E-state index in [1.54, 1.807) is 0 Å². The van der Waals surface area contributed by atoms with E-state index in [0.29, 0.717) is 11.2 Å². The second-order valence-electron chi connectivity index (χ2n) is 4.28. The molecule has 0 unspecified atom stereocenters. The molecule has 0 bridgehead atoms. The average Bonchev–Trinajstić information content (AvgIpc) is 2.85. The van der Waals surface area contributed by atoms with Crippen molar-refractivity contribution >= 4 is 33.8 Å². The molecule has 0 saturated heterocycles. The Bertz CT molecular complexity index is 537. The first-order chi connectivity index (χ1) is 9.15. The smallest absolute Gasteiger partial charge is 0.202 e. The molecule has 0 amide bonds. The Labute approximate surface area is 122 Å². The van der Waals surface area contributed by atoms with Crippen LogP contribution in [0.3, 0.4) is 0 Å². The van der Waals surface area contributed by atoms with Gasteiger partial charge in [0.15, 0.2) is 5.11 Å². The van der Waals surface area contributed by atoms with Gasteiger partial charge in [-0.1, -0.05) is 30.3 Å². The first kappa shape index (κ1) is 13.8. The van der Waals surface area contributed by atoms with Gasteiger partial charge < -0.3 is 5.32 Å². The third-order valence-electron chi connectivity index (χ3n) is 2.28. The van der Waals surface area contributed by atoms with Crippen molar-refractivity contribution in [1.29, 1.82) is 0 Å². The number of thiocarbonyl (C=S) groups is 1. The Morgan fingerprint density at radius 3 is 2.68 bits per heavy atom. The summed E-state index contributed by atoms with van der Waals surface area (Å²) in [6.07, 6.45) is 0. The molecule has 0 aliphatic carbocycles. The molecule has 0 aliphatic rings. The summed E-state index contributed by atoms with van der Waals surface area (Å²) in [5.41, 5.74) is 7.97. The summed E-state index contributed by atoms with van der Waals surface area (Å²) in [5.74, 6) is 0. The maximum atomic E-state index is 5.12. The minimum Gasteiger partial charge on any atom is -0.359 e. The van der Waals surface area contributed by atoms with Crippen molar-refractivity contribution in [2.45, 2.75) is 19.9 Å². The van der Waals surface area contributed by atoms with E-state index < -0.39 is 0 Å². The molecule has 2 aromatic rings. The highest BCUT2D eigenvalue weighted by Gasteiger charge is 2.04. The minimum atomic E-state index is 0.304. The molecule has 1 heterocycles. The maximum Gasteiger partial charge on any atom is 0.202 e. The first-order valence-corrected chi connectivity index (χ1v) is 7.27. The highest BCUT2D eigenvalue weighted by molar-refractivity contribution is 7.80. The van der Waals surface area contributed by atoms with Gasteiger partial charge in [0.05, 0.1) is 5.69 Å². The fourth-order valence-electron chi connectivity index (χ4n) is 1.48. The van der Waals surface area contributed by atoms with Crippen LogP contribution >= 0.6 is 23.6 Å². The molecule has 6 heteroatoms. The molecule has 1 aromatic carbocycles. The summed E-state index contributed by atoms with van der Waals surface area (Å²) < 4.78 is 0. The summed E-state index contributed by atoms with van der Waals surface area (Å²) in [4.78, 5) is 4.49. The lowest BCUT2D eigenvalue weighted by Crippen LogP contribution is -2.41. The van der Waals surface area contributed by atoms with Gasteiger partial charge in [-0.3, -0.25) is 10.9 Å². The van der Waals surface area contributed by atoms with Gasteiger partial charge in [-0.05, 0) is 26.1 Å². The van der Waals surface area contributed by atoms with Gasteiger partial charge in [0.1, 0.15) is 0 Å². The van der Waals surface area contributed by atoms with E-state index in [2.05, 4.69) is 21.2 Å². The molecule has 100 valence electrons. The van der Waals surface area contributed by atoms with Crippen LogP contribution in [0.5, 0.6) is 0 Å². The lowest BCUT2D eigenvalue weighted by molar-refractivity contribution is 0.724. The van der Waals surface area contributed by atoms with Crippen molar-refractivity contribution in [2.75, 3.05) is 5.43 Å². The second kappa shape index (κ2) is 6.49. The Morgan fingerprint density at radius 1 is 1.26 bits per heavy atom. The highest BCUT2D eigenvalue weighted by Crippen LogP contribution is 2.23. The highest BCUT2D eigenvalue weighted by atomic mass is 32.1. The van der Waals surface area contributed by atoms with Gasteiger partial charge in [0.25, 0.3) is 0 Å². The summed E-state index contributed by atoms with van der Waals surface area (Å²) >= 11 is 6.65. The van der Waals surface area contributed by atoms with E-state index in [1.165, 1.54) is 11.3 Å². The number of aromatic nitrogens is 1. The van der Waals surface area contributed by atoms with Crippen molar-refractivity contribution in [3.05, 3.63) is 35.7 Å². The van der Waals surface area contributed by atoms with Crippen LogP contribution in [-0.2, 0) is 0 Å². The minimum absolute atomic E-state index is 0.304. The first-order valence-electron chi connectivity index (χ1n) is 5.98. The third kappa shape index (κ3) is 4.18. The van der Waals surface area contributed by atoms with Crippen LogP contribution in [0.4, 0.5) is 5.13 Å². The van der Waals surface area contributed by atoms with E-state index in [1.807, 2.05) is 49.6 Å². The number of nitrogens with one attached hydrogen (secondary N) is 3. The molecule has 1 aromatic heterocycles. The zero-order chi connectivity index (χ0) is 13.7. The van der Waals surface area contributed by atoms with E-state index >= 15 is 0 Å². The number of rotatable bonds is 4. The fourth-order valence-corrected chi connectivity index (χ4v) is 2.44. The van der Waals surface area contributed by atoms with Crippen LogP contribution in [0, 0.1) is 0 Å². The standard InChI is InChI=1S/C13H16N4S2/c1-9(2)14-12(18)16-17-13-15-11(8-19-13)10-6-4-3-5-7-10/h3-9H,1-2H3,(H,15,17)(H2,14,16,18). The van der Waals surface area contributed by atoms with Gasteiger partial charge in [-0.2, -0.15) is 0 Å². The van der Waals surface area contributed by atoms with E-state index in [0.717, 1.165) is 16.4 Å². The molecule has 0 spiro atoms. The van der Waals surface area contributed by atoms with Crippen molar-refractivity contribution in [2.24, 2.45) is 0 Å². The number of nitrogens with zero attached hydrogens (tertiary/aromatic N) is 1. The van der Waals surface area contributed by atoms with Crippen LogP contribution in [0.25, 0.3) is 11.3 Å². The topological polar surface area (TPSA) is 49.0 Å². The number of hydrazine groups is 1. The number of thiazole rings is 1. The summed E-state index contributed by atoms with van der Waals surface area (Å²) in [5, 5.41) is 6.44. The zero-order valence-electron chi connectivity index (χ0n) is 10.8. The SMILES string of the molecule is CC(C)NC(=S)NNc1nc(-c2ccccc2)cs1. The van der Waals surface area contributed by atoms with E-state index in [4.69, 9.17) is 12.2 Å². The normalized spacial score (nSPS) is 10.3. The van der Waals surface area contributed by atoms with Gasteiger partial charge in [-0.25, -0.2) is 4.98 Å². The summed E-state index contributed by atoms with van der Waals surface area (Å²) in [7, 11) is 0. The van der Waals surface area contributed by atoms with Crippen LogP contribution in [0.15, 0.2) is 35.7 Å². The molecule has 0 aliphatic heterocycles. The molecule has 0 radical (unpaired) electrons. The van der Waals surface area contributed by atoms with Crippen molar-refractivity contribution in [3.8, 4) is 11.3 Å². The Morgan fingerprint density at radius 2 is 2.00 bits per heavy atom. The van der Waals surface area contributed by atoms with Crippen LogP contribution in [-0.4, -0.2) is 16.1 Å². The largest absolute Gasteiger partial charge is 0.359 e. The van der Waals surface area contributed by atoms with E-state index in [-0.39, 0.29) is 0 Å². The van der Waals surface area contributed by atoms with Crippen LogP contribution < -0.4 is 16.2 Å². The Balaban J connectivity index is 1.93. The zero-order valence-corrected chi connectivity index (χ0v) is 12.4. The van der Waals surface area contributed by atoms with Crippen molar-refractivity contribution in [1.82, 2.24) is 15.7 Å². The summed E-state index contributed by atoms with van der Waals surface area (Å²) in [6, 6.07) is 10.4. The third-order valence-corrected chi connectivity index (χ3v) is 3.25. The Kier molecular flexibility index (Phi) is 4.70. The number of hydrogen-bond acceptors (Lipinski definition) is 4. The lowest BCUT2D eigenvalue weighted by Gasteiger charge is -2.12. The molecule has 4 nitrogen and oxygen atoms in total. The quantitative estimate of drug-likeness (QED) is 0.597. The van der Waals surface area contributed by atoms with Crippen molar-refractivity contribution < 1.29 is 0 Å². The van der Waals surface area contributed by atoms with Gasteiger partial charge in [-0.15, -0.1) is 11.3 Å². The average molecular weight is 292 g/mol.